The normalized spacial score (nSPS) is 11.5. The Hall–Kier alpha value is -2.69. The van der Waals surface area contributed by atoms with E-state index in [4.69, 9.17) is 17.3 Å². The van der Waals surface area contributed by atoms with Gasteiger partial charge in [0.1, 0.15) is 11.4 Å². The monoisotopic (exact) mass is 396 g/mol. The number of halogens is 6. The summed E-state index contributed by atoms with van der Waals surface area (Å²) in [7, 11) is 0. The molecule has 0 spiro atoms. The first kappa shape index (κ1) is 19.6. The van der Waals surface area contributed by atoms with Crippen LogP contribution in [0, 0.1) is 6.92 Å². The second-order valence-corrected chi connectivity index (χ2v) is 5.29. The molecule has 0 aliphatic heterocycles. The molecule has 12 heteroatoms. The highest BCUT2D eigenvalue weighted by Crippen LogP contribution is 2.37. The topological polar surface area (TPSA) is 81.3 Å². The van der Waals surface area contributed by atoms with Gasteiger partial charge in [-0.15, -0.1) is 0 Å². The lowest BCUT2D eigenvalue weighted by Crippen LogP contribution is -2.34. The summed E-state index contributed by atoms with van der Waals surface area (Å²) in [5.74, 6) is -1.33. The van der Waals surface area contributed by atoms with Crippen molar-refractivity contribution in [2.24, 2.45) is 5.73 Å². The van der Waals surface area contributed by atoms with Gasteiger partial charge in [0.25, 0.3) is 0 Å². The van der Waals surface area contributed by atoms with Gasteiger partial charge in [0.15, 0.2) is 0 Å². The van der Waals surface area contributed by atoms with E-state index in [0.717, 1.165) is 12.1 Å². The molecule has 0 aliphatic carbocycles. The zero-order valence-electron chi connectivity index (χ0n) is 12.9. The fraction of sp³-hybridized carbons (Fsp3) is 0.214. The molecule has 2 amide bonds. The molecule has 2 N–H and O–H groups in total. The van der Waals surface area contributed by atoms with Gasteiger partial charge in [-0.1, -0.05) is 11.6 Å². The van der Waals surface area contributed by atoms with Gasteiger partial charge >= 0.3 is 18.8 Å². The van der Waals surface area contributed by atoms with Crippen LogP contribution in [0.5, 0.6) is 5.75 Å². The Morgan fingerprint density at radius 1 is 1.27 bits per heavy atom. The van der Waals surface area contributed by atoms with Crippen LogP contribution in [0.1, 0.15) is 11.4 Å². The second kappa shape index (κ2) is 7.28. The largest absolute Gasteiger partial charge is 0.433 e. The summed E-state index contributed by atoms with van der Waals surface area (Å²) in [6.07, 6.45) is -4.83. The van der Waals surface area contributed by atoms with Crippen molar-refractivity contribution in [3.05, 3.63) is 40.7 Å². The first-order chi connectivity index (χ1) is 12.0. The molecule has 0 aliphatic rings. The van der Waals surface area contributed by atoms with E-state index in [1.165, 1.54) is 13.0 Å². The number of aromatic nitrogens is 2. The molecule has 0 atom stereocenters. The summed E-state index contributed by atoms with van der Waals surface area (Å²) in [5.41, 5.74) is 3.28. The van der Waals surface area contributed by atoms with Crippen LogP contribution in [0.25, 0.3) is 0 Å². The molecule has 2 rings (SSSR count). The van der Waals surface area contributed by atoms with E-state index >= 15 is 0 Å². The predicted molar refractivity (Wildman–Crippen MR) is 81.6 cm³/mol. The molecule has 140 valence electrons. The lowest BCUT2D eigenvalue weighted by molar-refractivity contribution is -0.141. The Morgan fingerprint density at radius 3 is 2.46 bits per heavy atom. The van der Waals surface area contributed by atoms with Crippen LogP contribution in [0.2, 0.25) is 5.02 Å². The van der Waals surface area contributed by atoms with Gasteiger partial charge in [0.05, 0.1) is 5.69 Å². The number of hydrogen-bond donors (Lipinski definition) is 1. The summed E-state index contributed by atoms with van der Waals surface area (Å²) >= 11 is 5.78. The molecule has 0 saturated carbocycles. The third kappa shape index (κ3) is 4.48. The number of benzene rings is 1. The van der Waals surface area contributed by atoms with Gasteiger partial charge < -0.3 is 10.5 Å². The highest BCUT2D eigenvalue weighted by Gasteiger charge is 2.35. The minimum atomic E-state index is -4.83. The van der Waals surface area contributed by atoms with Gasteiger partial charge in [-0.25, -0.2) is 19.7 Å². The number of carbonyl (C=O) groups excluding carboxylic acids is 1. The number of alkyl halides is 5. The third-order valence-corrected chi connectivity index (χ3v) is 3.17. The number of aryl methyl sites for hydroxylation is 1. The van der Waals surface area contributed by atoms with Crippen LogP contribution in [-0.4, -0.2) is 22.6 Å². The number of hydrogen-bond acceptors (Lipinski definition) is 4. The van der Waals surface area contributed by atoms with Gasteiger partial charge in [-0.3, -0.25) is 0 Å². The van der Waals surface area contributed by atoms with Crippen molar-refractivity contribution in [1.29, 1.82) is 0 Å². The highest BCUT2D eigenvalue weighted by atomic mass is 35.5. The average Bonchev–Trinajstić information content (AvgIpc) is 2.48. The summed E-state index contributed by atoms with van der Waals surface area (Å²) in [6.45, 7) is -2.04. The Bertz CT molecular complexity index is 831. The van der Waals surface area contributed by atoms with Gasteiger partial charge in [0.2, 0.25) is 5.95 Å². The average molecular weight is 397 g/mol. The van der Waals surface area contributed by atoms with Crippen molar-refractivity contribution in [3.63, 3.8) is 0 Å². The number of ether oxygens (including phenoxy) is 1. The second-order valence-electron chi connectivity index (χ2n) is 4.86. The summed E-state index contributed by atoms with van der Waals surface area (Å²) in [5, 5.41) is -0.0171. The summed E-state index contributed by atoms with van der Waals surface area (Å²) in [6, 6.07) is 2.51. The lowest BCUT2D eigenvalue weighted by Gasteiger charge is -2.22. The number of anilines is 2. The fourth-order valence-corrected chi connectivity index (χ4v) is 2.15. The van der Waals surface area contributed by atoms with Crippen LogP contribution in [-0.2, 0) is 6.18 Å². The third-order valence-electron chi connectivity index (χ3n) is 2.93. The van der Waals surface area contributed by atoms with Crippen LogP contribution in [0.4, 0.5) is 38.4 Å². The Morgan fingerprint density at radius 2 is 1.92 bits per heavy atom. The van der Waals surface area contributed by atoms with Gasteiger partial charge in [-0.2, -0.15) is 22.0 Å². The first-order valence-corrected chi connectivity index (χ1v) is 7.13. The molecule has 0 unspecified atom stereocenters. The maximum Gasteiger partial charge on any atom is 0.433 e. The molecule has 0 fully saturated rings. The van der Waals surface area contributed by atoms with E-state index in [0.29, 0.717) is 11.0 Å². The molecule has 1 heterocycles. The molecule has 0 bridgehead atoms. The van der Waals surface area contributed by atoms with E-state index in [9.17, 15) is 26.7 Å². The van der Waals surface area contributed by atoms with E-state index in [2.05, 4.69) is 14.7 Å². The molecule has 1 aromatic heterocycles. The molecular weight excluding hydrogens is 387 g/mol. The first-order valence-electron chi connectivity index (χ1n) is 6.76. The van der Waals surface area contributed by atoms with Crippen LogP contribution in [0.3, 0.4) is 0 Å². The van der Waals surface area contributed by atoms with Crippen LogP contribution in [0.15, 0.2) is 24.3 Å². The summed E-state index contributed by atoms with van der Waals surface area (Å²) < 4.78 is 68.3. The van der Waals surface area contributed by atoms with E-state index < -0.39 is 41.9 Å². The zero-order valence-corrected chi connectivity index (χ0v) is 13.6. The number of rotatable bonds is 4. The number of primary amides is 1. The standard InChI is InChI=1S/C14H10ClF5N4O2/c1-6-4-10(14(18,19)20)23-13(22-6)24(12(21)25)8-5-7(15)2-3-9(8)26-11(16)17/h2-5,11H,1H3,(H2,21,25). The van der Waals surface area contributed by atoms with E-state index in [1.54, 1.807) is 0 Å². The highest BCUT2D eigenvalue weighted by molar-refractivity contribution is 6.31. The van der Waals surface area contributed by atoms with E-state index in [-0.39, 0.29) is 10.7 Å². The minimum Gasteiger partial charge on any atom is -0.433 e. The van der Waals surface area contributed by atoms with Crippen LogP contribution < -0.4 is 15.4 Å². The molecule has 6 nitrogen and oxygen atoms in total. The minimum absolute atomic E-state index is 0.0171. The zero-order chi connectivity index (χ0) is 19.6. The predicted octanol–water partition coefficient (Wildman–Crippen LogP) is 4.28. The Kier molecular flexibility index (Phi) is 5.50. The van der Waals surface area contributed by atoms with Crippen molar-refractivity contribution in [2.75, 3.05) is 4.90 Å². The number of carbonyl (C=O) groups is 1. The van der Waals surface area contributed by atoms with Gasteiger partial charge in [-0.05, 0) is 31.2 Å². The molecular formula is C14H10ClF5N4O2. The lowest BCUT2D eigenvalue weighted by atomic mass is 10.2. The smallest absolute Gasteiger partial charge is 0.433 e. The van der Waals surface area contributed by atoms with Crippen molar-refractivity contribution < 1.29 is 31.5 Å². The maximum absolute atomic E-state index is 13.0. The van der Waals surface area contributed by atoms with Crippen LogP contribution >= 0.6 is 11.6 Å². The van der Waals surface area contributed by atoms with Crippen molar-refractivity contribution >= 4 is 29.3 Å². The Labute approximate surface area is 148 Å². The molecule has 0 saturated heterocycles. The van der Waals surface area contributed by atoms with Gasteiger partial charge in [0, 0.05) is 10.7 Å². The molecule has 0 radical (unpaired) electrons. The number of nitrogens with zero attached hydrogens (tertiary/aromatic N) is 3. The van der Waals surface area contributed by atoms with Crippen molar-refractivity contribution in [1.82, 2.24) is 9.97 Å². The quantitative estimate of drug-likeness (QED) is 0.782. The molecule has 26 heavy (non-hydrogen) atoms. The molecule has 2 aromatic rings. The maximum atomic E-state index is 13.0. The fourth-order valence-electron chi connectivity index (χ4n) is 1.98. The SMILES string of the molecule is Cc1cc(C(F)(F)F)nc(N(C(N)=O)c2cc(Cl)ccc2OC(F)F)n1. The Balaban J connectivity index is 2.67. The number of amides is 2. The number of urea groups is 1. The van der Waals surface area contributed by atoms with Crippen molar-refractivity contribution in [2.45, 2.75) is 19.7 Å². The molecule has 1 aromatic carbocycles. The van der Waals surface area contributed by atoms with Crippen molar-refractivity contribution in [3.8, 4) is 5.75 Å². The summed E-state index contributed by atoms with van der Waals surface area (Å²) in [4.78, 5) is 19.2. The van der Waals surface area contributed by atoms with E-state index in [1.807, 2.05) is 0 Å². The number of nitrogens with two attached hydrogens (primary N) is 1.